The number of hydrogen-bond acceptors (Lipinski definition) is 2. The van der Waals surface area contributed by atoms with E-state index in [2.05, 4.69) is 38.2 Å². The van der Waals surface area contributed by atoms with Crippen LogP contribution in [0.2, 0.25) is 0 Å². The Hall–Kier alpha value is 0.650. The monoisotopic (exact) mass is 212 g/mol. The lowest BCUT2D eigenvalue weighted by Gasteiger charge is -2.08. The third-order valence-corrected chi connectivity index (χ3v) is 2.50. The van der Waals surface area contributed by atoms with Crippen molar-refractivity contribution < 1.29 is 0 Å². The molecule has 1 aliphatic rings. The molecule has 0 aromatic carbocycles. The standard InChI is InChI=1S/C4H9IN2/c1-4-6-2-3-7(4)5/h4,6H,2-3H2,1H3. The molecule has 0 aliphatic carbocycles. The summed E-state index contributed by atoms with van der Waals surface area (Å²) in [6.45, 7) is 4.49. The molecular formula is C4H9IN2. The van der Waals surface area contributed by atoms with Crippen molar-refractivity contribution in [1.82, 2.24) is 8.43 Å². The summed E-state index contributed by atoms with van der Waals surface area (Å²) >= 11 is 2.33. The number of rotatable bonds is 0. The van der Waals surface area contributed by atoms with Crippen molar-refractivity contribution in [2.24, 2.45) is 0 Å². The Bertz CT molecular complexity index is 58.7. The van der Waals surface area contributed by atoms with E-state index in [1.54, 1.807) is 0 Å². The summed E-state index contributed by atoms with van der Waals surface area (Å²) in [5.74, 6) is 0. The van der Waals surface area contributed by atoms with Crippen LogP contribution in [0.4, 0.5) is 0 Å². The normalized spacial score (nSPS) is 34.3. The van der Waals surface area contributed by atoms with Crippen LogP contribution in [-0.2, 0) is 0 Å². The molecule has 1 fully saturated rings. The van der Waals surface area contributed by atoms with Crippen molar-refractivity contribution in [3.05, 3.63) is 0 Å². The van der Waals surface area contributed by atoms with E-state index in [9.17, 15) is 0 Å². The number of halogens is 1. The van der Waals surface area contributed by atoms with E-state index in [-0.39, 0.29) is 0 Å². The molecular weight excluding hydrogens is 203 g/mol. The first-order valence-corrected chi connectivity index (χ1v) is 3.43. The summed E-state index contributed by atoms with van der Waals surface area (Å²) in [4.78, 5) is 0. The van der Waals surface area contributed by atoms with Gasteiger partial charge in [0.05, 0.1) is 6.17 Å². The molecule has 2 nitrogen and oxygen atoms in total. The van der Waals surface area contributed by atoms with Gasteiger partial charge in [0, 0.05) is 36.0 Å². The van der Waals surface area contributed by atoms with E-state index in [4.69, 9.17) is 0 Å². The van der Waals surface area contributed by atoms with Gasteiger partial charge in [-0.25, -0.2) is 3.11 Å². The van der Waals surface area contributed by atoms with Gasteiger partial charge in [0.15, 0.2) is 0 Å². The third kappa shape index (κ3) is 1.27. The quantitative estimate of drug-likeness (QED) is 0.467. The fraction of sp³-hybridized carbons (Fsp3) is 1.00. The van der Waals surface area contributed by atoms with E-state index in [1.807, 2.05) is 0 Å². The van der Waals surface area contributed by atoms with Crippen LogP contribution < -0.4 is 5.32 Å². The van der Waals surface area contributed by atoms with Crippen LogP contribution in [0.25, 0.3) is 0 Å². The van der Waals surface area contributed by atoms with E-state index in [0.717, 1.165) is 6.54 Å². The van der Waals surface area contributed by atoms with Gasteiger partial charge in [-0.1, -0.05) is 0 Å². The van der Waals surface area contributed by atoms with E-state index < -0.39 is 0 Å². The van der Waals surface area contributed by atoms with E-state index in [1.165, 1.54) is 6.54 Å². The molecule has 1 heterocycles. The molecule has 1 aliphatic heterocycles. The summed E-state index contributed by atoms with van der Waals surface area (Å²) in [6, 6.07) is 0. The highest BCUT2D eigenvalue weighted by Crippen LogP contribution is 2.06. The van der Waals surface area contributed by atoms with Gasteiger partial charge in [-0.3, -0.25) is 0 Å². The van der Waals surface area contributed by atoms with Crippen LogP contribution in [-0.4, -0.2) is 22.4 Å². The fourth-order valence-electron chi connectivity index (χ4n) is 0.673. The zero-order valence-electron chi connectivity index (χ0n) is 4.32. The molecule has 0 amide bonds. The van der Waals surface area contributed by atoms with Gasteiger partial charge in [0.25, 0.3) is 0 Å². The zero-order valence-corrected chi connectivity index (χ0v) is 6.47. The molecule has 0 bridgehead atoms. The van der Waals surface area contributed by atoms with Crippen molar-refractivity contribution in [2.45, 2.75) is 13.1 Å². The maximum absolute atomic E-state index is 3.29. The fourth-order valence-corrected chi connectivity index (χ4v) is 1.11. The van der Waals surface area contributed by atoms with Crippen LogP contribution in [0.5, 0.6) is 0 Å². The van der Waals surface area contributed by atoms with Gasteiger partial charge in [0.2, 0.25) is 0 Å². The second kappa shape index (κ2) is 2.28. The van der Waals surface area contributed by atoms with Crippen LogP contribution in [0.1, 0.15) is 6.92 Å². The average Bonchev–Trinajstić information content (AvgIpc) is 1.91. The summed E-state index contributed by atoms with van der Waals surface area (Å²) in [6.07, 6.45) is 0.584. The number of nitrogens with one attached hydrogen (secondary N) is 1. The van der Waals surface area contributed by atoms with Gasteiger partial charge < -0.3 is 5.32 Å². The molecule has 1 N–H and O–H groups in total. The molecule has 7 heavy (non-hydrogen) atoms. The molecule has 1 saturated heterocycles. The zero-order chi connectivity index (χ0) is 5.28. The Balaban J connectivity index is 2.33. The largest absolute Gasteiger partial charge is 0.300 e. The predicted octanol–water partition coefficient (Wildman–Crippen LogP) is 0.588. The molecule has 0 spiro atoms. The maximum Gasteiger partial charge on any atom is 0.0661 e. The minimum absolute atomic E-state index is 0.584. The molecule has 42 valence electrons. The molecule has 0 saturated carbocycles. The minimum Gasteiger partial charge on any atom is -0.300 e. The van der Waals surface area contributed by atoms with Crippen molar-refractivity contribution >= 4 is 22.9 Å². The van der Waals surface area contributed by atoms with Gasteiger partial charge >= 0.3 is 0 Å². The molecule has 1 rings (SSSR count). The number of nitrogens with zero attached hydrogens (tertiary/aromatic N) is 1. The highest BCUT2D eigenvalue weighted by Gasteiger charge is 2.14. The topological polar surface area (TPSA) is 15.3 Å². The van der Waals surface area contributed by atoms with Crippen LogP contribution in [0, 0.1) is 0 Å². The first-order valence-electron chi connectivity index (χ1n) is 2.46. The Morgan fingerprint density at radius 3 is 2.71 bits per heavy atom. The third-order valence-electron chi connectivity index (χ3n) is 1.19. The molecule has 0 radical (unpaired) electrons. The second-order valence-electron chi connectivity index (χ2n) is 1.75. The van der Waals surface area contributed by atoms with Crippen LogP contribution in [0.15, 0.2) is 0 Å². The Kier molecular flexibility index (Phi) is 1.88. The number of hydrogen-bond donors (Lipinski definition) is 1. The summed E-state index contributed by atoms with van der Waals surface area (Å²) in [7, 11) is 0. The Labute approximate surface area is 57.8 Å². The smallest absolute Gasteiger partial charge is 0.0661 e. The predicted molar refractivity (Wildman–Crippen MR) is 38.2 cm³/mol. The van der Waals surface area contributed by atoms with Gasteiger partial charge in [-0.15, -0.1) is 0 Å². The highest BCUT2D eigenvalue weighted by molar-refractivity contribution is 14.1. The molecule has 1 unspecified atom stereocenters. The average molecular weight is 212 g/mol. The van der Waals surface area contributed by atoms with Gasteiger partial charge in [-0.2, -0.15) is 0 Å². The Morgan fingerprint density at radius 1 is 1.86 bits per heavy atom. The van der Waals surface area contributed by atoms with Crippen molar-refractivity contribution in [3.8, 4) is 0 Å². The molecule has 0 aromatic rings. The summed E-state index contributed by atoms with van der Waals surface area (Å²) < 4.78 is 2.26. The summed E-state index contributed by atoms with van der Waals surface area (Å²) in [5, 5.41) is 3.29. The molecule has 3 heteroatoms. The lowest BCUT2D eigenvalue weighted by atomic mass is 10.6. The van der Waals surface area contributed by atoms with E-state index >= 15 is 0 Å². The first-order chi connectivity index (χ1) is 3.30. The van der Waals surface area contributed by atoms with Crippen molar-refractivity contribution in [1.29, 1.82) is 0 Å². The van der Waals surface area contributed by atoms with Crippen molar-refractivity contribution in [2.75, 3.05) is 13.1 Å². The lowest BCUT2D eigenvalue weighted by molar-refractivity contribution is 0.474. The van der Waals surface area contributed by atoms with Crippen LogP contribution >= 0.6 is 22.9 Å². The molecule has 0 aromatic heterocycles. The SMILES string of the molecule is CC1NCCN1I. The van der Waals surface area contributed by atoms with Crippen molar-refractivity contribution in [3.63, 3.8) is 0 Å². The lowest BCUT2D eigenvalue weighted by Crippen LogP contribution is -2.24. The summed E-state index contributed by atoms with van der Waals surface area (Å²) in [5.41, 5.74) is 0. The first kappa shape index (κ1) is 5.78. The van der Waals surface area contributed by atoms with Gasteiger partial charge in [0.1, 0.15) is 0 Å². The van der Waals surface area contributed by atoms with Gasteiger partial charge in [-0.05, 0) is 6.92 Å². The maximum atomic E-state index is 3.29. The Morgan fingerprint density at radius 2 is 2.57 bits per heavy atom. The van der Waals surface area contributed by atoms with E-state index in [0.29, 0.717) is 6.17 Å². The highest BCUT2D eigenvalue weighted by atomic mass is 127. The molecule has 1 atom stereocenters. The second-order valence-corrected chi connectivity index (χ2v) is 2.99. The minimum atomic E-state index is 0.584. The van der Waals surface area contributed by atoms with Crippen LogP contribution in [0.3, 0.4) is 0 Å².